The van der Waals surface area contributed by atoms with Gasteiger partial charge >= 0.3 is 0 Å². The third-order valence-corrected chi connectivity index (χ3v) is 6.64. The Morgan fingerprint density at radius 2 is 2.06 bits per heavy atom. The Labute approximate surface area is 196 Å². The maximum absolute atomic E-state index is 13.2. The van der Waals surface area contributed by atoms with Crippen molar-refractivity contribution in [2.45, 2.75) is 18.9 Å². The van der Waals surface area contributed by atoms with Crippen LogP contribution in [0.1, 0.15) is 24.7 Å². The molecule has 1 aromatic heterocycles. The summed E-state index contributed by atoms with van der Waals surface area (Å²) in [7, 11) is 0. The number of amides is 2. The van der Waals surface area contributed by atoms with E-state index in [1.165, 1.54) is 0 Å². The van der Waals surface area contributed by atoms with Crippen LogP contribution in [0.3, 0.4) is 0 Å². The third kappa shape index (κ3) is 4.50. The molecule has 0 saturated carbocycles. The average Bonchev–Trinajstić information content (AvgIpc) is 3.45. The number of benzene rings is 2. The molecule has 9 heteroatoms. The highest BCUT2D eigenvalue weighted by molar-refractivity contribution is 7.98. The lowest BCUT2D eigenvalue weighted by molar-refractivity contribution is -0.127. The smallest absolute Gasteiger partial charge is 0.227 e. The normalized spacial score (nSPS) is 18.5. The van der Waals surface area contributed by atoms with Gasteiger partial charge in [-0.15, -0.1) is 0 Å². The highest BCUT2D eigenvalue weighted by Gasteiger charge is 2.36. The fourth-order valence-electron chi connectivity index (χ4n) is 4.27. The summed E-state index contributed by atoms with van der Waals surface area (Å²) in [6.07, 6.45) is 2.97. The molecule has 2 atom stereocenters. The number of nitrogens with zero attached hydrogens (tertiary/aromatic N) is 2. The molecule has 3 heterocycles. The van der Waals surface area contributed by atoms with E-state index in [0.29, 0.717) is 31.3 Å². The minimum Gasteiger partial charge on any atom is -0.486 e. The fourth-order valence-corrected chi connectivity index (χ4v) is 4.74. The van der Waals surface area contributed by atoms with Crippen LogP contribution in [0.4, 0.5) is 5.69 Å². The summed E-state index contributed by atoms with van der Waals surface area (Å²) < 4.78 is 11.2. The van der Waals surface area contributed by atoms with Gasteiger partial charge in [0.2, 0.25) is 11.8 Å². The number of hydrogen-bond donors (Lipinski definition) is 2. The maximum atomic E-state index is 13.2. The fraction of sp³-hybridized carbons (Fsp3) is 0.375. The molecule has 1 fully saturated rings. The zero-order valence-corrected chi connectivity index (χ0v) is 19.2. The molecule has 5 rings (SSSR count). The number of rotatable bonds is 7. The monoisotopic (exact) mass is 466 g/mol. The van der Waals surface area contributed by atoms with Crippen molar-refractivity contribution >= 4 is 40.3 Å². The van der Waals surface area contributed by atoms with Gasteiger partial charge in [-0.2, -0.15) is 11.8 Å². The molecule has 0 spiro atoms. The molecule has 0 unspecified atom stereocenters. The van der Waals surface area contributed by atoms with E-state index < -0.39 is 5.92 Å². The van der Waals surface area contributed by atoms with Gasteiger partial charge in [-0.3, -0.25) is 9.59 Å². The molecule has 172 valence electrons. The lowest BCUT2D eigenvalue weighted by Crippen LogP contribution is -2.36. The number of imidazole rings is 1. The second-order valence-electron chi connectivity index (χ2n) is 8.22. The molecule has 2 aliphatic heterocycles. The Hall–Kier alpha value is -3.20. The average molecular weight is 467 g/mol. The Balaban J connectivity index is 1.30. The van der Waals surface area contributed by atoms with E-state index in [4.69, 9.17) is 9.47 Å². The first-order valence-electron chi connectivity index (χ1n) is 11.1. The summed E-state index contributed by atoms with van der Waals surface area (Å²) >= 11 is 1.72. The number of carbonyl (C=O) groups is 2. The predicted molar refractivity (Wildman–Crippen MR) is 128 cm³/mol. The van der Waals surface area contributed by atoms with Crippen LogP contribution < -0.4 is 19.7 Å². The van der Waals surface area contributed by atoms with Crippen molar-refractivity contribution in [3.63, 3.8) is 0 Å². The molecule has 33 heavy (non-hydrogen) atoms. The number of hydrogen-bond acceptors (Lipinski definition) is 6. The third-order valence-electron chi connectivity index (χ3n) is 6.00. The second kappa shape index (κ2) is 9.35. The first kappa shape index (κ1) is 21.6. The summed E-state index contributed by atoms with van der Waals surface area (Å²) in [5.41, 5.74) is 2.53. The summed E-state index contributed by atoms with van der Waals surface area (Å²) in [5, 5.41) is 3.14. The van der Waals surface area contributed by atoms with Gasteiger partial charge in [0, 0.05) is 24.7 Å². The van der Waals surface area contributed by atoms with Crippen molar-refractivity contribution in [3.8, 4) is 11.5 Å². The van der Waals surface area contributed by atoms with Crippen LogP contribution in [-0.4, -0.2) is 53.5 Å². The number of fused-ring (bicyclic) bond motifs is 2. The van der Waals surface area contributed by atoms with Gasteiger partial charge in [-0.25, -0.2) is 4.98 Å². The molecular formula is C24H26N4O4S. The van der Waals surface area contributed by atoms with Crippen LogP contribution >= 0.6 is 11.8 Å². The van der Waals surface area contributed by atoms with E-state index in [1.807, 2.05) is 48.7 Å². The lowest BCUT2D eigenvalue weighted by atomic mass is 10.1. The number of carbonyl (C=O) groups excluding carboxylic acids is 2. The summed E-state index contributed by atoms with van der Waals surface area (Å²) in [6.45, 7) is 1.33. The van der Waals surface area contributed by atoms with E-state index in [1.54, 1.807) is 16.7 Å². The van der Waals surface area contributed by atoms with Gasteiger partial charge in [0.05, 0.1) is 23.0 Å². The molecule has 0 radical (unpaired) electrons. The van der Waals surface area contributed by atoms with Gasteiger partial charge in [-0.05, 0) is 42.7 Å². The van der Waals surface area contributed by atoms with Gasteiger partial charge in [0.15, 0.2) is 11.5 Å². The SMILES string of the molecule is CSCC[C@@H](NC(=O)[C@@H]1CC(=O)N(c2ccc3c(c2)OCCO3)C1)c1nc2ccccc2[nH]1. The molecule has 3 aromatic rings. The summed E-state index contributed by atoms with van der Waals surface area (Å²) in [4.78, 5) is 35.6. The summed E-state index contributed by atoms with van der Waals surface area (Å²) in [6, 6.07) is 13.0. The molecule has 2 amide bonds. The van der Waals surface area contributed by atoms with Crippen LogP contribution in [0.5, 0.6) is 11.5 Å². The lowest BCUT2D eigenvalue weighted by Gasteiger charge is -2.22. The molecule has 8 nitrogen and oxygen atoms in total. The summed E-state index contributed by atoms with van der Waals surface area (Å²) in [5.74, 6) is 2.30. The van der Waals surface area contributed by atoms with E-state index in [2.05, 4.69) is 15.3 Å². The predicted octanol–water partition coefficient (Wildman–Crippen LogP) is 3.30. The standard InChI is InChI=1S/C24H26N4O4S/c1-33-11-8-19(23-25-17-4-2-3-5-18(17)26-23)27-24(30)15-12-22(29)28(14-15)16-6-7-20-21(13-16)32-10-9-31-20/h2-7,13,15,19H,8-12,14H2,1H3,(H,25,26)(H,27,30)/t15-,19-/m1/s1. The highest BCUT2D eigenvalue weighted by Crippen LogP contribution is 2.36. The molecular weight excluding hydrogens is 440 g/mol. The van der Waals surface area contributed by atoms with E-state index in [9.17, 15) is 9.59 Å². The molecule has 2 N–H and O–H groups in total. The number of aromatic nitrogens is 2. The van der Waals surface area contributed by atoms with Gasteiger partial charge in [0.1, 0.15) is 19.0 Å². The van der Waals surface area contributed by atoms with Crippen LogP contribution in [-0.2, 0) is 9.59 Å². The van der Waals surface area contributed by atoms with E-state index in [-0.39, 0.29) is 24.3 Å². The quantitative estimate of drug-likeness (QED) is 0.555. The molecule has 1 saturated heterocycles. The van der Waals surface area contributed by atoms with Crippen molar-refractivity contribution in [2.24, 2.45) is 5.92 Å². The number of ether oxygens (including phenoxy) is 2. The van der Waals surface area contributed by atoms with Gasteiger partial charge < -0.3 is 24.7 Å². The highest BCUT2D eigenvalue weighted by atomic mass is 32.2. The van der Waals surface area contributed by atoms with Crippen molar-refractivity contribution in [3.05, 3.63) is 48.3 Å². The first-order chi connectivity index (χ1) is 16.1. The molecule has 2 aliphatic rings. The van der Waals surface area contributed by atoms with E-state index in [0.717, 1.165) is 34.7 Å². The largest absolute Gasteiger partial charge is 0.486 e. The van der Waals surface area contributed by atoms with Crippen LogP contribution in [0, 0.1) is 5.92 Å². The van der Waals surface area contributed by atoms with Gasteiger partial charge in [0.25, 0.3) is 0 Å². The van der Waals surface area contributed by atoms with Crippen molar-refractivity contribution in [1.82, 2.24) is 15.3 Å². The number of aromatic amines is 1. The molecule has 0 aliphatic carbocycles. The number of thioether (sulfide) groups is 1. The topological polar surface area (TPSA) is 96.6 Å². The van der Waals surface area contributed by atoms with Crippen molar-refractivity contribution < 1.29 is 19.1 Å². The minimum absolute atomic E-state index is 0.0729. The van der Waals surface area contributed by atoms with E-state index >= 15 is 0 Å². The molecule has 2 aromatic carbocycles. The number of anilines is 1. The Kier molecular flexibility index (Phi) is 6.13. The maximum Gasteiger partial charge on any atom is 0.227 e. The number of nitrogens with one attached hydrogen (secondary N) is 2. The van der Waals surface area contributed by atoms with Crippen molar-refractivity contribution in [1.29, 1.82) is 0 Å². The number of para-hydroxylation sites is 2. The minimum atomic E-state index is -0.424. The zero-order valence-electron chi connectivity index (χ0n) is 18.4. The zero-order chi connectivity index (χ0) is 22.8. The van der Waals surface area contributed by atoms with Crippen molar-refractivity contribution in [2.75, 3.05) is 36.7 Å². The van der Waals surface area contributed by atoms with Crippen LogP contribution in [0.15, 0.2) is 42.5 Å². The van der Waals surface area contributed by atoms with Gasteiger partial charge in [-0.1, -0.05) is 12.1 Å². The first-order valence-corrected chi connectivity index (χ1v) is 12.5. The van der Waals surface area contributed by atoms with Crippen LogP contribution in [0.2, 0.25) is 0 Å². The Morgan fingerprint density at radius 3 is 2.88 bits per heavy atom. The second-order valence-corrected chi connectivity index (χ2v) is 9.20. The molecule has 0 bridgehead atoms. The Morgan fingerprint density at radius 1 is 1.24 bits per heavy atom. The Bertz CT molecular complexity index is 1150. The number of H-pyrrole nitrogens is 1. The van der Waals surface area contributed by atoms with Crippen LogP contribution in [0.25, 0.3) is 11.0 Å².